The van der Waals surface area contributed by atoms with Crippen LogP contribution in [0.4, 0.5) is 14.5 Å². The Labute approximate surface area is 81.3 Å². The van der Waals surface area contributed by atoms with Crippen molar-refractivity contribution in [2.45, 2.75) is 0 Å². The van der Waals surface area contributed by atoms with Crippen molar-refractivity contribution in [1.29, 1.82) is 0 Å². The molecule has 0 atom stereocenters. The van der Waals surface area contributed by atoms with Crippen molar-refractivity contribution >= 4 is 5.69 Å². The summed E-state index contributed by atoms with van der Waals surface area (Å²) >= 11 is 0. The molecule has 1 aliphatic rings. The molecule has 2 N–H and O–H groups in total. The third-order valence-electron chi connectivity index (χ3n) is 2.38. The van der Waals surface area contributed by atoms with Crippen LogP contribution in [-0.2, 0) is 0 Å². The Morgan fingerprint density at radius 2 is 2.14 bits per heavy atom. The fraction of sp³-hybridized carbons (Fsp3) is 0.400. The molecule has 0 saturated carbocycles. The van der Waals surface area contributed by atoms with Crippen molar-refractivity contribution in [2.75, 3.05) is 25.0 Å². The zero-order valence-electron chi connectivity index (χ0n) is 7.69. The first-order valence-electron chi connectivity index (χ1n) is 4.65. The van der Waals surface area contributed by atoms with Crippen molar-refractivity contribution in [1.82, 2.24) is 5.32 Å². The third-order valence-corrected chi connectivity index (χ3v) is 2.38. The molecule has 1 aromatic carbocycles. The summed E-state index contributed by atoms with van der Waals surface area (Å²) in [6.07, 6.45) is 0. The van der Waals surface area contributed by atoms with Gasteiger partial charge in [-0.25, -0.2) is 8.78 Å². The van der Waals surface area contributed by atoms with Crippen LogP contribution in [0.3, 0.4) is 0 Å². The van der Waals surface area contributed by atoms with E-state index >= 15 is 0 Å². The van der Waals surface area contributed by atoms with Crippen LogP contribution < -0.4 is 10.6 Å². The van der Waals surface area contributed by atoms with E-state index in [2.05, 4.69) is 10.6 Å². The summed E-state index contributed by atoms with van der Waals surface area (Å²) in [6.45, 7) is 2.58. The molecule has 0 bridgehead atoms. The highest BCUT2D eigenvalue weighted by molar-refractivity contribution is 5.44. The molecule has 1 fully saturated rings. The Morgan fingerprint density at radius 1 is 1.36 bits per heavy atom. The topological polar surface area (TPSA) is 24.1 Å². The van der Waals surface area contributed by atoms with Gasteiger partial charge in [-0.1, -0.05) is 0 Å². The van der Waals surface area contributed by atoms with Crippen LogP contribution in [-0.4, -0.2) is 19.6 Å². The van der Waals surface area contributed by atoms with E-state index in [0.717, 1.165) is 25.2 Å². The number of benzene rings is 1. The molecule has 0 spiro atoms. The highest BCUT2D eigenvalue weighted by Crippen LogP contribution is 2.16. The lowest BCUT2D eigenvalue weighted by Crippen LogP contribution is -2.45. The lowest BCUT2D eigenvalue weighted by Gasteiger charge is -2.27. The number of nitrogens with one attached hydrogen (secondary N) is 2. The van der Waals surface area contributed by atoms with E-state index in [0.29, 0.717) is 12.5 Å². The molecule has 4 heteroatoms. The molecule has 0 aromatic heterocycles. The van der Waals surface area contributed by atoms with Crippen LogP contribution in [0, 0.1) is 17.6 Å². The molecular formula is C10H12F2N2. The van der Waals surface area contributed by atoms with Gasteiger partial charge < -0.3 is 10.6 Å². The highest BCUT2D eigenvalue weighted by atomic mass is 19.1. The summed E-state index contributed by atoms with van der Waals surface area (Å²) in [4.78, 5) is 0. The number of hydrogen-bond acceptors (Lipinski definition) is 2. The van der Waals surface area contributed by atoms with Gasteiger partial charge in [0.05, 0.1) is 5.69 Å². The maximum absolute atomic E-state index is 13.1. The fourth-order valence-corrected chi connectivity index (χ4v) is 1.38. The molecule has 0 aliphatic carbocycles. The van der Waals surface area contributed by atoms with Crippen LogP contribution in [0.5, 0.6) is 0 Å². The van der Waals surface area contributed by atoms with Gasteiger partial charge in [0.15, 0.2) is 0 Å². The standard InChI is InChI=1S/C10H12F2N2/c11-8-1-2-9(12)10(3-8)14-6-7-4-13-5-7/h1-3,7,13-14H,4-6H2. The van der Waals surface area contributed by atoms with Gasteiger partial charge in [0.25, 0.3) is 0 Å². The lowest BCUT2D eigenvalue weighted by atomic mass is 10.0. The number of anilines is 1. The Balaban J connectivity index is 1.96. The summed E-state index contributed by atoms with van der Waals surface area (Å²) in [5.74, 6) is -0.294. The first-order valence-corrected chi connectivity index (χ1v) is 4.65. The van der Waals surface area contributed by atoms with Crippen molar-refractivity contribution in [3.8, 4) is 0 Å². The summed E-state index contributed by atoms with van der Waals surface area (Å²) < 4.78 is 25.8. The van der Waals surface area contributed by atoms with E-state index in [9.17, 15) is 8.78 Å². The zero-order valence-corrected chi connectivity index (χ0v) is 7.69. The molecule has 1 saturated heterocycles. The smallest absolute Gasteiger partial charge is 0.146 e. The minimum absolute atomic E-state index is 0.247. The molecule has 0 radical (unpaired) electrons. The monoisotopic (exact) mass is 198 g/mol. The average Bonchev–Trinajstić information content (AvgIpc) is 2.08. The van der Waals surface area contributed by atoms with E-state index < -0.39 is 11.6 Å². The second-order valence-corrected chi connectivity index (χ2v) is 3.53. The SMILES string of the molecule is Fc1ccc(F)c(NCC2CNC2)c1. The van der Waals surface area contributed by atoms with Crippen LogP contribution in [0.25, 0.3) is 0 Å². The minimum atomic E-state index is -0.416. The highest BCUT2D eigenvalue weighted by Gasteiger charge is 2.16. The van der Waals surface area contributed by atoms with E-state index in [1.54, 1.807) is 0 Å². The predicted molar refractivity (Wildman–Crippen MR) is 51.2 cm³/mol. The summed E-state index contributed by atoms with van der Waals surface area (Å²) in [6, 6.07) is 3.43. The van der Waals surface area contributed by atoms with Crippen molar-refractivity contribution < 1.29 is 8.78 Å². The van der Waals surface area contributed by atoms with Gasteiger partial charge in [0.2, 0.25) is 0 Å². The molecule has 76 valence electrons. The van der Waals surface area contributed by atoms with Gasteiger partial charge in [-0.05, 0) is 18.2 Å². The maximum Gasteiger partial charge on any atom is 0.146 e. The Kier molecular flexibility index (Phi) is 2.63. The molecule has 1 aliphatic heterocycles. The maximum atomic E-state index is 13.1. The predicted octanol–water partition coefficient (Wildman–Crippen LogP) is 1.60. The van der Waals surface area contributed by atoms with Gasteiger partial charge in [-0.15, -0.1) is 0 Å². The molecule has 0 unspecified atom stereocenters. The molecule has 1 heterocycles. The van der Waals surface area contributed by atoms with Gasteiger partial charge in [0.1, 0.15) is 11.6 Å². The fourth-order valence-electron chi connectivity index (χ4n) is 1.38. The zero-order chi connectivity index (χ0) is 9.97. The van der Waals surface area contributed by atoms with E-state index in [1.807, 2.05) is 0 Å². The lowest BCUT2D eigenvalue weighted by molar-refractivity contribution is 0.365. The number of rotatable bonds is 3. The van der Waals surface area contributed by atoms with Gasteiger partial charge >= 0.3 is 0 Å². The second kappa shape index (κ2) is 3.92. The normalized spacial score (nSPS) is 16.4. The number of halogens is 2. The molecule has 2 rings (SSSR count). The minimum Gasteiger partial charge on any atom is -0.382 e. The van der Waals surface area contributed by atoms with Crippen LogP contribution in [0.2, 0.25) is 0 Å². The van der Waals surface area contributed by atoms with E-state index in [4.69, 9.17) is 0 Å². The summed E-state index contributed by atoms with van der Waals surface area (Å²) in [7, 11) is 0. The van der Waals surface area contributed by atoms with Crippen LogP contribution in [0.15, 0.2) is 18.2 Å². The first-order chi connectivity index (χ1) is 6.75. The van der Waals surface area contributed by atoms with Gasteiger partial charge in [-0.3, -0.25) is 0 Å². The molecule has 2 nitrogen and oxygen atoms in total. The van der Waals surface area contributed by atoms with Crippen molar-refractivity contribution in [2.24, 2.45) is 5.92 Å². The van der Waals surface area contributed by atoms with E-state index in [-0.39, 0.29) is 5.69 Å². The Morgan fingerprint density at radius 3 is 2.79 bits per heavy atom. The van der Waals surface area contributed by atoms with Crippen molar-refractivity contribution in [3.63, 3.8) is 0 Å². The van der Waals surface area contributed by atoms with Gasteiger partial charge in [-0.2, -0.15) is 0 Å². The van der Waals surface area contributed by atoms with E-state index in [1.165, 1.54) is 6.07 Å². The third kappa shape index (κ3) is 2.01. The largest absolute Gasteiger partial charge is 0.382 e. The Hall–Kier alpha value is -1.16. The van der Waals surface area contributed by atoms with Crippen molar-refractivity contribution in [3.05, 3.63) is 29.8 Å². The van der Waals surface area contributed by atoms with Crippen LogP contribution in [0.1, 0.15) is 0 Å². The molecule has 14 heavy (non-hydrogen) atoms. The van der Waals surface area contributed by atoms with Crippen LogP contribution >= 0.6 is 0 Å². The molecule has 1 aromatic rings. The number of hydrogen-bond donors (Lipinski definition) is 2. The molecule has 0 amide bonds. The summed E-state index contributed by atoms with van der Waals surface area (Å²) in [5, 5.41) is 6.02. The van der Waals surface area contributed by atoms with Gasteiger partial charge in [0, 0.05) is 25.6 Å². The molecular weight excluding hydrogens is 186 g/mol. The Bertz CT molecular complexity index is 324. The second-order valence-electron chi connectivity index (χ2n) is 3.53. The summed E-state index contributed by atoms with van der Waals surface area (Å²) in [5.41, 5.74) is 0.247. The average molecular weight is 198 g/mol. The first kappa shape index (κ1) is 9.40. The quantitative estimate of drug-likeness (QED) is 0.770.